The number of sulfonamides is 1. The number of rotatable bonds is 6. The lowest BCUT2D eigenvalue weighted by molar-refractivity contribution is 0.245. The number of hydrogen-bond acceptors (Lipinski definition) is 5. The lowest BCUT2D eigenvalue weighted by atomic mass is 10.3. The van der Waals surface area contributed by atoms with Gasteiger partial charge in [0, 0.05) is 11.8 Å². The molecule has 0 atom stereocenters. The molecule has 0 fully saturated rings. The van der Waals surface area contributed by atoms with Crippen LogP contribution in [0.25, 0.3) is 0 Å². The van der Waals surface area contributed by atoms with Gasteiger partial charge in [-0.25, -0.2) is 8.42 Å². The molecule has 0 spiro atoms. The van der Waals surface area contributed by atoms with E-state index in [1.165, 1.54) is 6.07 Å². The van der Waals surface area contributed by atoms with Crippen LogP contribution >= 0.6 is 15.9 Å². The predicted molar refractivity (Wildman–Crippen MR) is 80.8 cm³/mol. The molecule has 0 saturated heterocycles. The molecule has 2 N–H and O–H groups in total. The number of anilines is 1. The Kier molecular flexibility index (Phi) is 4.92. The van der Waals surface area contributed by atoms with E-state index in [4.69, 9.17) is 14.3 Å². The highest BCUT2D eigenvalue weighted by Gasteiger charge is 2.22. The van der Waals surface area contributed by atoms with E-state index in [9.17, 15) is 8.42 Å². The summed E-state index contributed by atoms with van der Waals surface area (Å²) in [4.78, 5) is -0.0690. The first-order valence-electron chi connectivity index (χ1n) is 6.11. The van der Waals surface area contributed by atoms with Crippen LogP contribution in [0.15, 0.2) is 44.3 Å². The topological polar surface area (TPSA) is 88.8 Å². The van der Waals surface area contributed by atoms with Gasteiger partial charge >= 0.3 is 0 Å². The highest BCUT2D eigenvalue weighted by molar-refractivity contribution is 9.10. The summed E-state index contributed by atoms with van der Waals surface area (Å²) in [5.41, 5.74) is 0.400. The van der Waals surface area contributed by atoms with Gasteiger partial charge in [0.1, 0.15) is 23.0 Å². The van der Waals surface area contributed by atoms with Crippen LogP contribution in [0.2, 0.25) is 0 Å². The van der Waals surface area contributed by atoms with Crippen molar-refractivity contribution >= 4 is 31.6 Å². The molecule has 21 heavy (non-hydrogen) atoms. The van der Waals surface area contributed by atoms with Gasteiger partial charge in [-0.3, -0.25) is 4.72 Å². The number of aliphatic hydroxyl groups is 1. The van der Waals surface area contributed by atoms with E-state index in [0.29, 0.717) is 18.0 Å². The van der Waals surface area contributed by atoms with Gasteiger partial charge in [0.2, 0.25) is 0 Å². The number of hydrogen-bond donors (Lipinski definition) is 2. The van der Waals surface area contributed by atoms with Crippen molar-refractivity contribution in [2.24, 2.45) is 0 Å². The van der Waals surface area contributed by atoms with Crippen LogP contribution < -0.4 is 9.46 Å². The maximum absolute atomic E-state index is 12.2. The summed E-state index contributed by atoms with van der Waals surface area (Å²) in [6, 6.07) is 7.81. The Morgan fingerprint density at radius 3 is 2.52 bits per heavy atom. The van der Waals surface area contributed by atoms with Crippen molar-refractivity contribution in [2.75, 3.05) is 11.3 Å². The third kappa shape index (κ3) is 3.78. The summed E-state index contributed by atoms with van der Waals surface area (Å²) in [6.45, 7) is 2.03. The SMILES string of the molecule is CCOc1ccc(NS(=O)(=O)c2cc(CO)oc2Br)cc1. The van der Waals surface area contributed by atoms with E-state index in [2.05, 4.69) is 20.7 Å². The average molecular weight is 376 g/mol. The zero-order chi connectivity index (χ0) is 15.5. The molecule has 1 heterocycles. The van der Waals surface area contributed by atoms with E-state index in [1.54, 1.807) is 24.3 Å². The fourth-order valence-electron chi connectivity index (χ4n) is 1.65. The molecule has 0 aliphatic heterocycles. The van der Waals surface area contributed by atoms with Crippen molar-refractivity contribution in [3.8, 4) is 5.75 Å². The average Bonchev–Trinajstić information content (AvgIpc) is 2.83. The number of aliphatic hydroxyl groups excluding tert-OH is 1. The van der Waals surface area contributed by atoms with Gasteiger partial charge in [-0.1, -0.05) is 0 Å². The van der Waals surface area contributed by atoms with Crippen LogP contribution in [0.5, 0.6) is 5.75 Å². The Morgan fingerprint density at radius 2 is 2.00 bits per heavy atom. The van der Waals surface area contributed by atoms with Gasteiger partial charge < -0.3 is 14.3 Å². The van der Waals surface area contributed by atoms with Gasteiger partial charge in [-0.2, -0.15) is 0 Å². The summed E-state index contributed by atoms with van der Waals surface area (Å²) < 4.78 is 37.3. The molecule has 2 aromatic rings. The second-order valence-electron chi connectivity index (χ2n) is 4.07. The standard InChI is InChI=1S/C13H14BrNO5S/c1-2-19-10-5-3-9(4-6-10)15-21(17,18)12-7-11(8-16)20-13(12)14/h3-7,15-16H,2,8H2,1H3. The largest absolute Gasteiger partial charge is 0.494 e. The van der Waals surface area contributed by atoms with E-state index >= 15 is 0 Å². The molecule has 0 amide bonds. The molecular weight excluding hydrogens is 362 g/mol. The third-order valence-electron chi connectivity index (χ3n) is 2.57. The highest BCUT2D eigenvalue weighted by Crippen LogP contribution is 2.28. The summed E-state index contributed by atoms with van der Waals surface area (Å²) in [6.07, 6.45) is 0. The zero-order valence-electron chi connectivity index (χ0n) is 11.2. The minimum absolute atomic E-state index is 0.0463. The van der Waals surface area contributed by atoms with Crippen molar-refractivity contribution in [1.29, 1.82) is 0 Å². The number of nitrogens with one attached hydrogen (secondary N) is 1. The van der Waals surface area contributed by atoms with Crippen molar-refractivity contribution in [1.82, 2.24) is 0 Å². The first kappa shape index (κ1) is 15.9. The van der Waals surface area contributed by atoms with Gasteiger partial charge in [-0.15, -0.1) is 0 Å². The molecule has 0 saturated carbocycles. The minimum atomic E-state index is -3.80. The molecule has 1 aromatic carbocycles. The fraction of sp³-hybridized carbons (Fsp3) is 0.231. The molecule has 2 rings (SSSR count). The van der Waals surface area contributed by atoms with Crippen molar-refractivity contribution in [2.45, 2.75) is 18.4 Å². The number of halogens is 1. The summed E-state index contributed by atoms with van der Waals surface area (Å²) in [7, 11) is -3.80. The van der Waals surface area contributed by atoms with Crippen LogP contribution in [0.3, 0.4) is 0 Å². The number of furan rings is 1. The Balaban J connectivity index is 2.22. The Bertz CT molecular complexity index is 709. The van der Waals surface area contributed by atoms with Crippen molar-refractivity contribution < 1.29 is 22.7 Å². The highest BCUT2D eigenvalue weighted by atomic mass is 79.9. The van der Waals surface area contributed by atoms with E-state index in [1.807, 2.05) is 6.92 Å². The van der Waals surface area contributed by atoms with E-state index in [-0.39, 0.29) is 21.9 Å². The fourth-order valence-corrected chi connectivity index (χ4v) is 3.71. The molecule has 6 nitrogen and oxygen atoms in total. The van der Waals surface area contributed by atoms with Crippen LogP contribution in [0, 0.1) is 0 Å². The molecule has 0 bridgehead atoms. The van der Waals surface area contributed by atoms with Gasteiger partial charge in [0.05, 0.1) is 6.61 Å². The lowest BCUT2D eigenvalue weighted by Crippen LogP contribution is -2.12. The van der Waals surface area contributed by atoms with E-state index in [0.717, 1.165) is 0 Å². The molecule has 114 valence electrons. The molecule has 0 aliphatic carbocycles. The quantitative estimate of drug-likeness (QED) is 0.809. The Labute approximate surface area is 130 Å². The second-order valence-corrected chi connectivity index (χ2v) is 6.44. The summed E-state index contributed by atoms with van der Waals surface area (Å²) in [5.74, 6) is 0.821. The van der Waals surface area contributed by atoms with Crippen molar-refractivity contribution in [3.63, 3.8) is 0 Å². The third-order valence-corrected chi connectivity index (χ3v) is 4.81. The first-order valence-corrected chi connectivity index (χ1v) is 8.38. The van der Waals surface area contributed by atoms with Gasteiger partial charge in [0.25, 0.3) is 10.0 Å². The normalized spacial score (nSPS) is 11.4. The Hall–Kier alpha value is -1.51. The number of ether oxygens (including phenoxy) is 1. The maximum atomic E-state index is 12.2. The second kappa shape index (κ2) is 6.50. The lowest BCUT2D eigenvalue weighted by Gasteiger charge is -2.08. The monoisotopic (exact) mass is 375 g/mol. The molecular formula is C13H14BrNO5S. The Morgan fingerprint density at radius 1 is 1.33 bits per heavy atom. The van der Waals surface area contributed by atoms with Crippen LogP contribution in [0.1, 0.15) is 12.7 Å². The molecule has 0 unspecified atom stereocenters. The van der Waals surface area contributed by atoms with E-state index < -0.39 is 10.0 Å². The first-order chi connectivity index (χ1) is 9.96. The van der Waals surface area contributed by atoms with Gasteiger partial charge in [0.15, 0.2) is 4.67 Å². The predicted octanol–water partition coefficient (Wildman–Crippen LogP) is 2.73. The van der Waals surface area contributed by atoms with Crippen LogP contribution in [0.4, 0.5) is 5.69 Å². The zero-order valence-corrected chi connectivity index (χ0v) is 13.6. The van der Waals surface area contributed by atoms with Crippen molar-refractivity contribution in [3.05, 3.63) is 40.8 Å². The molecule has 0 radical (unpaired) electrons. The molecule has 0 aliphatic rings. The van der Waals surface area contributed by atoms with Crippen LogP contribution in [-0.2, 0) is 16.6 Å². The van der Waals surface area contributed by atoms with Crippen LogP contribution in [-0.4, -0.2) is 20.1 Å². The maximum Gasteiger partial charge on any atom is 0.266 e. The smallest absolute Gasteiger partial charge is 0.266 e. The molecule has 1 aromatic heterocycles. The molecule has 8 heteroatoms. The summed E-state index contributed by atoms with van der Waals surface area (Å²) >= 11 is 3.02. The number of benzene rings is 1. The minimum Gasteiger partial charge on any atom is -0.494 e. The summed E-state index contributed by atoms with van der Waals surface area (Å²) in [5, 5.41) is 8.97. The van der Waals surface area contributed by atoms with Gasteiger partial charge in [-0.05, 0) is 47.1 Å².